The average molecular weight is 308 g/mol. The van der Waals surface area contributed by atoms with Gasteiger partial charge in [0.25, 0.3) is 0 Å². The van der Waals surface area contributed by atoms with E-state index in [1.54, 1.807) is 18.2 Å². The van der Waals surface area contributed by atoms with Crippen LogP contribution >= 0.6 is 0 Å². The molecule has 2 rings (SSSR count). The molecule has 0 atom stereocenters. The number of nitrogens with zero attached hydrogens (tertiary/aromatic N) is 1. The van der Waals surface area contributed by atoms with E-state index in [2.05, 4.69) is 20.8 Å². The summed E-state index contributed by atoms with van der Waals surface area (Å²) >= 11 is 0. The third kappa shape index (κ3) is 3.36. The van der Waals surface area contributed by atoms with Crippen LogP contribution in [0.4, 0.5) is 0 Å². The molecule has 0 bridgehead atoms. The Kier molecular flexibility index (Phi) is 4.56. The van der Waals surface area contributed by atoms with Gasteiger partial charge in [-0.25, -0.2) is 8.42 Å². The lowest BCUT2D eigenvalue weighted by Crippen LogP contribution is -2.36. The van der Waals surface area contributed by atoms with Crippen molar-refractivity contribution in [3.05, 3.63) is 41.5 Å². The molecule has 2 N–H and O–H groups in total. The second-order valence-electron chi connectivity index (χ2n) is 6.40. The molecule has 5 heteroatoms. The molecule has 1 aliphatic heterocycles. The van der Waals surface area contributed by atoms with Crippen molar-refractivity contribution in [2.45, 2.75) is 38.6 Å². The molecule has 0 aromatic heterocycles. The minimum Gasteiger partial charge on any atom is -0.326 e. The lowest BCUT2D eigenvalue weighted by molar-refractivity contribution is 0.389. The summed E-state index contributed by atoms with van der Waals surface area (Å²) < 4.78 is 27.1. The molecule has 0 saturated carbocycles. The standard InChI is InChI=1S/C16H24N2O2S/c1-16(2,3)14-8-10-18(11-9-14)21(19,20)15-7-5-4-6-13(15)12-17/h4-8H,9-12,17H2,1-3H3. The zero-order valence-corrected chi connectivity index (χ0v) is 13.8. The van der Waals surface area contributed by atoms with Gasteiger partial charge in [0, 0.05) is 19.6 Å². The van der Waals surface area contributed by atoms with Gasteiger partial charge in [-0.3, -0.25) is 0 Å². The third-order valence-corrected chi connectivity index (χ3v) is 5.91. The smallest absolute Gasteiger partial charge is 0.243 e. The number of benzene rings is 1. The van der Waals surface area contributed by atoms with E-state index in [0.29, 0.717) is 23.5 Å². The second kappa shape index (κ2) is 5.91. The van der Waals surface area contributed by atoms with E-state index in [-0.39, 0.29) is 12.0 Å². The summed E-state index contributed by atoms with van der Waals surface area (Å²) in [5.74, 6) is 0. The zero-order chi connectivity index (χ0) is 15.7. The monoisotopic (exact) mass is 308 g/mol. The first kappa shape index (κ1) is 16.2. The SMILES string of the molecule is CC(C)(C)C1=CCN(S(=O)(=O)c2ccccc2CN)CC1. The van der Waals surface area contributed by atoms with Crippen LogP contribution in [-0.4, -0.2) is 25.8 Å². The fraction of sp³-hybridized carbons (Fsp3) is 0.500. The summed E-state index contributed by atoms with van der Waals surface area (Å²) in [5, 5.41) is 0. The van der Waals surface area contributed by atoms with Crippen LogP contribution in [0.3, 0.4) is 0 Å². The van der Waals surface area contributed by atoms with E-state index >= 15 is 0 Å². The Bertz CT molecular complexity index is 642. The largest absolute Gasteiger partial charge is 0.326 e. The maximum absolute atomic E-state index is 12.8. The Balaban J connectivity index is 2.29. The molecule has 0 unspecified atom stereocenters. The van der Waals surface area contributed by atoms with E-state index in [9.17, 15) is 8.42 Å². The molecule has 4 nitrogen and oxygen atoms in total. The van der Waals surface area contributed by atoms with Crippen molar-refractivity contribution in [2.24, 2.45) is 11.1 Å². The highest BCUT2D eigenvalue weighted by Crippen LogP contribution is 2.32. The van der Waals surface area contributed by atoms with Gasteiger partial charge in [0.2, 0.25) is 10.0 Å². The Labute approximate surface area is 127 Å². The van der Waals surface area contributed by atoms with Crippen LogP contribution in [-0.2, 0) is 16.6 Å². The predicted octanol–water partition coefficient (Wildman–Crippen LogP) is 2.51. The van der Waals surface area contributed by atoms with Crippen molar-refractivity contribution in [3.63, 3.8) is 0 Å². The van der Waals surface area contributed by atoms with Crippen molar-refractivity contribution in [1.82, 2.24) is 4.31 Å². The topological polar surface area (TPSA) is 63.4 Å². The van der Waals surface area contributed by atoms with Crippen LogP contribution in [0.5, 0.6) is 0 Å². The summed E-state index contributed by atoms with van der Waals surface area (Å²) in [6.45, 7) is 7.68. The van der Waals surface area contributed by atoms with E-state index in [0.717, 1.165) is 6.42 Å². The van der Waals surface area contributed by atoms with Gasteiger partial charge in [0.15, 0.2) is 0 Å². The first-order chi connectivity index (χ1) is 9.76. The van der Waals surface area contributed by atoms with Gasteiger partial charge in [0.1, 0.15) is 0 Å². The normalized spacial score (nSPS) is 17.6. The molecule has 1 aromatic rings. The maximum atomic E-state index is 12.8. The van der Waals surface area contributed by atoms with Gasteiger partial charge < -0.3 is 5.73 Å². The van der Waals surface area contributed by atoms with Gasteiger partial charge in [-0.05, 0) is 23.5 Å². The van der Waals surface area contributed by atoms with E-state index in [4.69, 9.17) is 5.73 Å². The number of hydrogen-bond acceptors (Lipinski definition) is 3. The summed E-state index contributed by atoms with van der Waals surface area (Å²) in [6, 6.07) is 6.97. The molecule has 21 heavy (non-hydrogen) atoms. The average Bonchev–Trinajstić information content (AvgIpc) is 2.46. The summed E-state index contributed by atoms with van der Waals surface area (Å²) in [7, 11) is -3.46. The molecule has 0 fully saturated rings. The van der Waals surface area contributed by atoms with Gasteiger partial charge in [-0.1, -0.05) is 50.6 Å². The number of rotatable bonds is 3. The Morgan fingerprint density at radius 3 is 2.43 bits per heavy atom. The van der Waals surface area contributed by atoms with Crippen LogP contribution in [0.2, 0.25) is 0 Å². The van der Waals surface area contributed by atoms with Crippen LogP contribution < -0.4 is 5.73 Å². The fourth-order valence-electron chi connectivity index (χ4n) is 2.61. The van der Waals surface area contributed by atoms with Crippen LogP contribution in [0.1, 0.15) is 32.8 Å². The number of sulfonamides is 1. The summed E-state index contributed by atoms with van der Waals surface area (Å²) in [5.41, 5.74) is 7.75. The predicted molar refractivity (Wildman–Crippen MR) is 85.2 cm³/mol. The van der Waals surface area contributed by atoms with Gasteiger partial charge >= 0.3 is 0 Å². The van der Waals surface area contributed by atoms with Gasteiger partial charge in [0.05, 0.1) is 4.90 Å². The van der Waals surface area contributed by atoms with Crippen molar-refractivity contribution < 1.29 is 8.42 Å². The minimum absolute atomic E-state index is 0.102. The minimum atomic E-state index is -3.46. The molecule has 0 radical (unpaired) electrons. The van der Waals surface area contributed by atoms with Gasteiger partial charge in [-0.15, -0.1) is 0 Å². The molecule has 1 heterocycles. The first-order valence-electron chi connectivity index (χ1n) is 7.24. The van der Waals surface area contributed by atoms with Crippen LogP contribution in [0.15, 0.2) is 40.8 Å². The first-order valence-corrected chi connectivity index (χ1v) is 8.68. The molecule has 0 amide bonds. The van der Waals surface area contributed by atoms with Crippen LogP contribution in [0.25, 0.3) is 0 Å². The highest BCUT2D eigenvalue weighted by atomic mass is 32.2. The molecule has 1 aliphatic rings. The quantitative estimate of drug-likeness (QED) is 0.873. The molecule has 0 spiro atoms. The number of hydrogen-bond donors (Lipinski definition) is 1. The summed E-state index contributed by atoms with van der Waals surface area (Å²) in [4.78, 5) is 0.333. The Morgan fingerprint density at radius 1 is 1.24 bits per heavy atom. The summed E-state index contributed by atoms with van der Waals surface area (Å²) in [6.07, 6.45) is 2.83. The molecule has 116 valence electrons. The van der Waals surface area contributed by atoms with Crippen molar-refractivity contribution >= 4 is 10.0 Å². The lowest BCUT2D eigenvalue weighted by Gasteiger charge is -2.31. The van der Waals surface area contributed by atoms with Crippen LogP contribution in [0, 0.1) is 5.41 Å². The Hall–Kier alpha value is -1.17. The van der Waals surface area contributed by atoms with Gasteiger partial charge in [-0.2, -0.15) is 4.31 Å². The van der Waals surface area contributed by atoms with Crippen molar-refractivity contribution in [1.29, 1.82) is 0 Å². The fourth-order valence-corrected chi connectivity index (χ4v) is 4.23. The maximum Gasteiger partial charge on any atom is 0.243 e. The molecular formula is C16H24N2O2S. The molecule has 1 aromatic carbocycles. The molecular weight excluding hydrogens is 284 g/mol. The Morgan fingerprint density at radius 2 is 1.90 bits per heavy atom. The molecule has 0 aliphatic carbocycles. The van der Waals surface area contributed by atoms with Crippen molar-refractivity contribution in [2.75, 3.05) is 13.1 Å². The second-order valence-corrected chi connectivity index (χ2v) is 8.31. The zero-order valence-electron chi connectivity index (χ0n) is 13.0. The lowest BCUT2D eigenvalue weighted by atomic mass is 9.83. The van der Waals surface area contributed by atoms with E-state index < -0.39 is 10.0 Å². The highest BCUT2D eigenvalue weighted by Gasteiger charge is 2.30. The number of nitrogens with two attached hydrogens (primary N) is 1. The van der Waals surface area contributed by atoms with E-state index in [1.165, 1.54) is 9.88 Å². The highest BCUT2D eigenvalue weighted by molar-refractivity contribution is 7.89. The van der Waals surface area contributed by atoms with E-state index in [1.807, 2.05) is 12.1 Å². The van der Waals surface area contributed by atoms with Crippen molar-refractivity contribution in [3.8, 4) is 0 Å². The molecule has 0 saturated heterocycles. The third-order valence-electron chi connectivity index (χ3n) is 3.95.